The van der Waals surface area contributed by atoms with Gasteiger partial charge in [-0.2, -0.15) is 0 Å². The molecule has 0 bridgehead atoms. The maximum atomic E-state index is 5.94. The Bertz CT molecular complexity index is 517. The summed E-state index contributed by atoms with van der Waals surface area (Å²) in [6, 6.07) is 8.08. The maximum absolute atomic E-state index is 5.94. The van der Waals surface area contributed by atoms with Gasteiger partial charge in [0.15, 0.2) is 0 Å². The van der Waals surface area contributed by atoms with E-state index >= 15 is 0 Å². The normalized spacial score (nSPS) is 10.6. The Hall–Kier alpha value is -1.41. The molecule has 3 heteroatoms. The van der Waals surface area contributed by atoms with E-state index in [1.165, 1.54) is 11.1 Å². The van der Waals surface area contributed by atoms with Crippen LogP contribution in [0.15, 0.2) is 36.7 Å². The molecule has 0 saturated heterocycles. The number of hydrogen-bond acceptors (Lipinski definition) is 1. The highest BCUT2D eigenvalue weighted by molar-refractivity contribution is 6.30. The number of rotatable bonds is 5. The first-order chi connectivity index (χ1) is 8.69. The van der Waals surface area contributed by atoms with Gasteiger partial charge in [-0.05, 0) is 48.7 Å². The predicted molar refractivity (Wildman–Crippen MR) is 78.2 cm³/mol. The molecule has 18 heavy (non-hydrogen) atoms. The highest BCUT2D eigenvalue weighted by Crippen LogP contribution is 2.20. The Kier molecular flexibility index (Phi) is 4.32. The summed E-state index contributed by atoms with van der Waals surface area (Å²) in [5, 5.41) is 4.22. The number of anilines is 1. The molecular formula is C15H19ClN2. The zero-order valence-electron chi connectivity index (χ0n) is 10.9. The number of nitrogens with zero attached hydrogens (tertiary/aromatic N) is 1. The summed E-state index contributed by atoms with van der Waals surface area (Å²) in [4.78, 5) is 0. The van der Waals surface area contributed by atoms with Crippen molar-refractivity contribution in [1.29, 1.82) is 0 Å². The van der Waals surface area contributed by atoms with Crippen molar-refractivity contribution in [2.45, 2.75) is 33.4 Å². The number of halogens is 1. The Morgan fingerprint density at radius 3 is 2.83 bits per heavy atom. The van der Waals surface area contributed by atoms with Crippen molar-refractivity contribution in [3.8, 4) is 0 Å². The SMILES string of the molecule is CCCn1ccc(CNc2ccc(Cl)cc2C)c1. The molecule has 2 aromatic rings. The Morgan fingerprint density at radius 2 is 2.11 bits per heavy atom. The van der Waals surface area contributed by atoms with Crippen molar-refractivity contribution in [2.75, 3.05) is 5.32 Å². The molecule has 0 aliphatic heterocycles. The molecule has 0 radical (unpaired) electrons. The third-order valence-corrected chi connectivity index (χ3v) is 3.20. The summed E-state index contributed by atoms with van der Waals surface area (Å²) in [5.74, 6) is 0. The molecule has 1 heterocycles. The fourth-order valence-electron chi connectivity index (χ4n) is 2.02. The van der Waals surface area contributed by atoms with Crippen LogP contribution in [0.4, 0.5) is 5.69 Å². The van der Waals surface area contributed by atoms with Crippen LogP contribution in [0.1, 0.15) is 24.5 Å². The van der Waals surface area contributed by atoms with Gasteiger partial charge in [0.1, 0.15) is 0 Å². The fraction of sp³-hybridized carbons (Fsp3) is 0.333. The van der Waals surface area contributed by atoms with Crippen LogP contribution in [-0.2, 0) is 13.1 Å². The Labute approximate surface area is 114 Å². The first kappa shape index (κ1) is 13.0. The van der Waals surface area contributed by atoms with E-state index in [1.54, 1.807) is 0 Å². The highest BCUT2D eigenvalue weighted by Gasteiger charge is 2.00. The first-order valence-corrected chi connectivity index (χ1v) is 6.71. The van der Waals surface area contributed by atoms with E-state index in [4.69, 9.17) is 11.6 Å². The number of benzene rings is 1. The Balaban J connectivity index is 1.97. The second kappa shape index (κ2) is 5.96. The van der Waals surface area contributed by atoms with Gasteiger partial charge in [-0.1, -0.05) is 18.5 Å². The molecule has 0 aliphatic rings. The van der Waals surface area contributed by atoms with Gasteiger partial charge in [0.05, 0.1) is 0 Å². The van der Waals surface area contributed by atoms with Crippen molar-refractivity contribution < 1.29 is 0 Å². The van der Waals surface area contributed by atoms with Gasteiger partial charge in [0.25, 0.3) is 0 Å². The zero-order chi connectivity index (χ0) is 13.0. The van der Waals surface area contributed by atoms with Gasteiger partial charge >= 0.3 is 0 Å². The molecule has 96 valence electrons. The lowest BCUT2D eigenvalue weighted by atomic mass is 10.2. The summed E-state index contributed by atoms with van der Waals surface area (Å²) in [6.07, 6.45) is 5.49. The van der Waals surface area contributed by atoms with Crippen LogP contribution in [0.2, 0.25) is 5.02 Å². The second-order valence-electron chi connectivity index (χ2n) is 4.57. The third kappa shape index (κ3) is 3.30. The van der Waals surface area contributed by atoms with Gasteiger partial charge < -0.3 is 9.88 Å². The minimum Gasteiger partial charge on any atom is -0.381 e. The fourth-order valence-corrected chi connectivity index (χ4v) is 2.24. The molecule has 0 fully saturated rings. The molecule has 0 saturated carbocycles. The quantitative estimate of drug-likeness (QED) is 0.841. The van der Waals surface area contributed by atoms with E-state index in [2.05, 4.69) is 42.2 Å². The average Bonchev–Trinajstić information content (AvgIpc) is 2.76. The van der Waals surface area contributed by atoms with E-state index < -0.39 is 0 Å². The topological polar surface area (TPSA) is 17.0 Å². The van der Waals surface area contributed by atoms with E-state index in [0.29, 0.717) is 0 Å². The molecule has 0 atom stereocenters. The number of aryl methyl sites for hydroxylation is 2. The maximum Gasteiger partial charge on any atom is 0.0415 e. The number of aromatic nitrogens is 1. The van der Waals surface area contributed by atoms with Gasteiger partial charge in [0.2, 0.25) is 0 Å². The van der Waals surface area contributed by atoms with E-state index in [1.807, 2.05) is 18.2 Å². The van der Waals surface area contributed by atoms with Crippen LogP contribution < -0.4 is 5.32 Å². The van der Waals surface area contributed by atoms with Gasteiger partial charge in [-0.15, -0.1) is 0 Å². The van der Waals surface area contributed by atoms with Crippen molar-refractivity contribution >= 4 is 17.3 Å². The van der Waals surface area contributed by atoms with Crippen LogP contribution in [0.25, 0.3) is 0 Å². The smallest absolute Gasteiger partial charge is 0.0415 e. The van der Waals surface area contributed by atoms with Gasteiger partial charge in [-0.25, -0.2) is 0 Å². The zero-order valence-corrected chi connectivity index (χ0v) is 11.7. The van der Waals surface area contributed by atoms with Crippen LogP contribution in [0, 0.1) is 6.92 Å². The molecule has 1 aromatic heterocycles. The van der Waals surface area contributed by atoms with Crippen LogP contribution in [0.5, 0.6) is 0 Å². The third-order valence-electron chi connectivity index (χ3n) is 2.96. The van der Waals surface area contributed by atoms with E-state index in [0.717, 1.165) is 30.2 Å². The van der Waals surface area contributed by atoms with Crippen LogP contribution in [0.3, 0.4) is 0 Å². The largest absolute Gasteiger partial charge is 0.381 e. The standard InChI is InChI=1S/C15H19ClN2/c1-3-7-18-8-6-13(11-18)10-17-15-5-4-14(16)9-12(15)2/h4-6,8-9,11,17H,3,7,10H2,1-2H3. The summed E-state index contributed by atoms with van der Waals surface area (Å²) < 4.78 is 2.23. The Morgan fingerprint density at radius 1 is 1.28 bits per heavy atom. The number of hydrogen-bond donors (Lipinski definition) is 1. The molecule has 1 aromatic carbocycles. The first-order valence-electron chi connectivity index (χ1n) is 6.33. The monoisotopic (exact) mass is 262 g/mol. The average molecular weight is 263 g/mol. The van der Waals surface area contributed by atoms with Crippen molar-refractivity contribution in [3.63, 3.8) is 0 Å². The lowest BCUT2D eigenvalue weighted by molar-refractivity contribution is 0.681. The van der Waals surface area contributed by atoms with Crippen LogP contribution in [-0.4, -0.2) is 4.57 Å². The van der Waals surface area contributed by atoms with Crippen molar-refractivity contribution in [2.24, 2.45) is 0 Å². The highest BCUT2D eigenvalue weighted by atomic mass is 35.5. The minimum absolute atomic E-state index is 0.784. The molecule has 1 N–H and O–H groups in total. The molecule has 0 spiro atoms. The van der Waals surface area contributed by atoms with Gasteiger partial charge in [-0.3, -0.25) is 0 Å². The van der Waals surface area contributed by atoms with Crippen molar-refractivity contribution in [3.05, 3.63) is 52.8 Å². The second-order valence-corrected chi connectivity index (χ2v) is 5.01. The molecule has 2 nitrogen and oxygen atoms in total. The molecule has 0 aliphatic carbocycles. The lowest BCUT2D eigenvalue weighted by Crippen LogP contribution is -2.00. The minimum atomic E-state index is 0.784. The summed E-state index contributed by atoms with van der Waals surface area (Å²) in [7, 11) is 0. The predicted octanol–water partition coefficient (Wildman–Crippen LogP) is 4.47. The summed E-state index contributed by atoms with van der Waals surface area (Å²) in [5.41, 5.74) is 3.62. The van der Waals surface area contributed by atoms with Crippen LogP contribution >= 0.6 is 11.6 Å². The molecular weight excluding hydrogens is 244 g/mol. The summed E-state index contributed by atoms with van der Waals surface area (Å²) >= 11 is 5.94. The van der Waals surface area contributed by atoms with Crippen molar-refractivity contribution in [1.82, 2.24) is 4.57 Å². The molecule has 0 amide bonds. The number of nitrogens with one attached hydrogen (secondary N) is 1. The summed E-state index contributed by atoms with van der Waals surface area (Å²) in [6.45, 7) is 6.19. The van der Waals surface area contributed by atoms with E-state index in [-0.39, 0.29) is 0 Å². The molecule has 2 rings (SSSR count). The van der Waals surface area contributed by atoms with Gasteiger partial charge in [0, 0.05) is 36.2 Å². The molecule has 0 unspecified atom stereocenters. The van der Waals surface area contributed by atoms with E-state index in [9.17, 15) is 0 Å². The lowest BCUT2D eigenvalue weighted by Gasteiger charge is -2.08.